The zero-order valence-corrected chi connectivity index (χ0v) is 16.0. The molecule has 0 spiro atoms. The molecule has 4 heteroatoms. The molecule has 26 heavy (non-hydrogen) atoms. The van der Waals surface area contributed by atoms with E-state index in [0.29, 0.717) is 0 Å². The van der Waals surface area contributed by atoms with Gasteiger partial charge in [0.15, 0.2) is 0 Å². The van der Waals surface area contributed by atoms with E-state index in [1.165, 1.54) is 10.9 Å². The Labute approximate surface area is 155 Å². The molecular formula is C22H24BNO2. The molecule has 1 aliphatic heterocycles. The van der Waals surface area contributed by atoms with Crippen LogP contribution < -0.4 is 5.46 Å². The number of hydrogen-bond acceptors (Lipinski definition) is 3. The number of aromatic nitrogens is 1. The summed E-state index contributed by atoms with van der Waals surface area (Å²) in [5.41, 5.74) is 3.50. The molecule has 0 radical (unpaired) electrons. The van der Waals surface area contributed by atoms with Gasteiger partial charge in [0.2, 0.25) is 0 Å². The summed E-state index contributed by atoms with van der Waals surface area (Å²) in [7, 11) is -0.415. The van der Waals surface area contributed by atoms with Gasteiger partial charge in [-0.2, -0.15) is 0 Å². The highest BCUT2D eigenvalue weighted by Crippen LogP contribution is 2.38. The molecule has 0 bridgehead atoms. The van der Waals surface area contributed by atoms with Gasteiger partial charge in [-0.3, -0.25) is 4.98 Å². The molecule has 2 aromatic carbocycles. The lowest BCUT2D eigenvalue weighted by atomic mass is 9.73. The lowest BCUT2D eigenvalue weighted by Crippen LogP contribution is -2.41. The fourth-order valence-corrected chi connectivity index (χ4v) is 3.41. The van der Waals surface area contributed by atoms with Gasteiger partial charge >= 0.3 is 7.12 Å². The molecule has 1 aliphatic rings. The van der Waals surface area contributed by atoms with Crippen LogP contribution in [0, 0.1) is 6.92 Å². The zero-order chi connectivity index (χ0) is 18.5. The maximum Gasteiger partial charge on any atom is 0.495 e. The van der Waals surface area contributed by atoms with Crippen molar-refractivity contribution in [1.29, 1.82) is 0 Å². The Morgan fingerprint density at radius 2 is 1.58 bits per heavy atom. The van der Waals surface area contributed by atoms with Gasteiger partial charge in [-0.25, -0.2) is 0 Å². The predicted molar refractivity (Wildman–Crippen MR) is 108 cm³/mol. The van der Waals surface area contributed by atoms with Gasteiger partial charge < -0.3 is 9.31 Å². The first-order chi connectivity index (χ1) is 12.3. The first kappa shape index (κ1) is 17.3. The molecule has 1 fully saturated rings. The normalized spacial score (nSPS) is 18.4. The van der Waals surface area contributed by atoms with Crippen molar-refractivity contribution >= 4 is 23.4 Å². The van der Waals surface area contributed by atoms with Crippen molar-refractivity contribution in [3.05, 3.63) is 60.3 Å². The Morgan fingerprint density at radius 3 is 2.27 bits per heavy atom. The molecule has 3 nitrogen and oxygen atoms in total. The zero-order valence-electron chi connectivity index (χ0n) is 16.0. The molecule has 0 atom stereocenters. The van der Waals surface area contributed by atoms with Crippen LogP contribution in [0.25, 0.3) is 22.0 Å². The maximum absolute atomic E-state index is 6.34. The van der Waals surface area contributed by atoms with Crippen molar-refractivity contribution < 1.29 is 9.31 Å². The van der Waals surface area contributed by atoms with E-state index in [4.69, 9.17) is 9.31 Å². The van der Waals surface area contributed by atoms with Crippen LogP contribution in [0.5, 0.6) is 0 Å². The summed E-state index contributed by atoms with van der Waals surface area (Å²) in [4.78, 5) is 4.65. The highest BCUT2D eigenvalue weighted by Gasteiger charge is 2.52. The molecule has 0 unspecified atom stereocenters. The average molecular weight is 345 g/mol. The number of nitrogens with zero attached hydrogens (tertiary/aromatic N) is 1. The Kier molecular flexibility index (Phi) is 3.94. The monoisotopic (exact) mass is 345 g/mol. The second kappa shape index (κ2) is 5.93. The number of aryl methyl sites for hydroxylation is 1. The lowest BCUT2D eigenvalue weighted by Gasteiger charge is -2.32. The Morgan fingerprint density at radius 1 is 0.885 bits per heavy atom. The van der Waals surface area contributed by atoms with Crippen molar-refractivity contribution in [2.75, 3.05) is 0 Å². The van der Waals surface area contributed by atoms with E-state index in [1.807, 2.05) is 12.3 Å². The van der Waals surface area contributed by atoms with Crippen molar-refractivity contribution in [2.45, 2.75) is 45.8 Å². The van der Waals surface area contributed by atoms with Gasteiger partial charge in [-0.15, -0.1) is 0 Å². The van der Waals surface area contributed by atoms with Crippen LogP contribution in [0.15, 0.2) is 54.7 Å². The summed E-state index contributed by atoms with van der Waals surface area (Å²) in [5.74, 6) is 0. The fraction of sp³-hybridized carbons (Fsp3) is 0.318. The van der Waals surface area contributed by atoms with E-state index in [2.05, 4.69) is 82.1 Å². The highest BCUT2D eigenvalue weighted by atomic mass is 16.7. The van der Waals surface area contributed by atoms with Crippen LogP contribution in [0.2, 0.25) is 0 Å². The second-order valence-corrected chi connectivity index (χ2v) is 8.06. The number of hydrogen-bond donors (Lipinski definition) is 0. The standard InChI is InChI=1S/C22H24BNO2/c1-15-12-13-24-19(14-15)20-17-9-7-6-8-16(17)10-11-18(20)23-25-21(2,3)22(4,5)26-23/h6-14H,1-5H3. The number of benzene rings is 2. The summed E-state index contributed by atoms with van der Waals surface area (Å²) in [6, 6.07) is 16.8. The molecular weight excluding hydrogens is 321 g/mol. The topological polar surface area (TPSA) is 31.4 Å². The van der Waals surface area contributed by atoms with Crippen LogP contribution >= 0.6 is 0 Å². The molecule has 4 rings (SSSR count). The maximum atomic E-state index is 6.34. The van der Waals surface area contributed by atoms with E-state index < -0.39 is 7.12 Å². The van der Waals surface area contributed by atoms with Gasteiger partial charge in [-0.1, -0.05) is 36.4 Å². The number of fused-ring (bicyclic) bond motifs is 1. The minimum atomic E-state index is -0.415. The molecule has 0 amide bonds. The highest BCUT2D eigenvalue weighted by molar-refractivity contribution is 6.64. The third kappa shape index (κ3) is 2.74. The smallest absolute Gasteiger partial charge is 0.399 e. The fourth-order valence-electron chi connectivity index (χ4n) is 3.41. The minimum absolute atomic E-state index is 0.374. The minimum Gasteiger partial charge on any atom is -0.399 e. The molecule has 0 saturated carbocycles. The van der Waals surface area contributed by atoms with Gasteiger partial charge in [0.25, 0.3) is 0 Å². The third-order valence-corrected chi connectivity index (χ3v) is 5.64. The summed E-state index contributed by atoms with van der Waals surface area (Å²) < 4.78 is 12.7. The van der Waals surface area contributed by atoms with Crippen LogP contribution in [0.4, 0.5) is 0 Å². The summed E-state index contributed by atoms with van der Waals surface area (Å²) in [6.07, 6.45) is 1.86. The molecule has 2 heterocycles. The quantitative estimate of drug-likeness (QED) is 0.641. The van der Waals surface area contributed by atoms with E-state index in [-0.39, 0.29) is 11.2 Å². The molecule has 1 aromatic heterocycles. The lowest BCUT2D eigenvalue weighted by molar-refractivity contribution is 0.00578. The molecule has 0 aliphatic carbocycles. The largest absolute Gasteiger partial charge is 0.495 e. The van der Waals surface area contributed by atoms with Crippen LogP contribution in [-0.4, -0.2) is 23.3 Å². The van der Waals surface area contributed by atoms with Crippen molar-refractivity contribution in [3.63, 3.8) is 0 Å². The van der Waals surface area contributed by atoms with Crippen molar-refractivity contribution in [3.8, 4) is 11.3 Å². The number of rotatable bonds is 2. The molecule has 0 N–H and O–H groups in total. The van der Waals surface area contributed by atoms with Gasteiger partial charge in [-0.05, 0) is 68.6 Å². The van der Waals surface area contributed by atoms with Crippen molar-refractivity contribution in [1.82, 2.24) is 4.98 Å². The first-order valence-corrected chi connectivity index (χ1v) is 9.09. The Balaban J connectivity index is 1.95. The van der Waals surface area contributed by atoms with Gasteiger partial charge in [0.1, 0.15) is 0 Å². The summed E-state index contributed by atoms with van der Waals surface area (Å²) in [6.45, 7) is 10.4. The summed E-state index contributed by atoms with van der Waals surface area (Å²) >= 11 is 0. The van der Waals surface area contributed by atoms with E-state index in [0.717, 1.165) is 22.1 Å². The number of pyridine rings is 1. The molecule has 3 aromatic rings. The van der Waals surface area contributed by atoms with Gasteiger partial charge in [0.05, 0.1) is 16.9 Å². The van der Waals surface area contributed by atoms with Gasteiger partial charge in [0, 0.05) is 11.8 Å². The van der Waals surface area contributed by atoms with Crippen LogP contribution in [-0.2, 0) is 9.31 Å². The Hall–Kier alpha value is -2.17. The summed E-state index contributed by atoms with van der Waals surface area (Å²) in [5, 5.41) is 2.35. The SMILES string of the molecule is Cc1ccnc(-c2c(B3OC(C)(C)C(C)(C)O3)ccc3ccccc23)c1. The molecule has 132 valence electrons. The van der Waals surface area contributed by atoms with E-state index >= 15 is 0 Å². The van der Waals surface area contributed by atoms with Crippen LogP contribution in [0.1, 0.15) is 33.3 Å². The van der Waals surface area contributed by atoms with Crippen LogP contribution in [0.3, 0.4) is 0 Å². The first-order valence-electron chi connectivity index (χ1n) is 9.09. The average Bonchev–Trinajstić information content (AvgIpc) is 2.81. The Bertz CT molecular complexity index is 965. The third-order valence-electron chi connectivity index (χ3n) is 5.64. The van der Waals surface area contributed by atoms with E-state index in [1.54, 1.807) is 0 Å². The second-order valence-electron chi connectivity index (χ2n) is 8.06. The molecule has 1 saturated heterocycles. The van der Waals surface area contributed by atoms with Crippen molar-refractivity contribution in [2.24, 2.45) is 0 Å². The van der Waals surface area contributed by atoms with E-state index in [9.17, 15) is 0 Å². The predicted octanol–water partition coefficient (Wildman–Crippen LogP) is 4.51.